The van der Waals surface area contributed by atoms with Crippen molar-refractivity contribution in [3.05, 3.63) is 73.5 Å². The zero-order chi connectivity index (χ0) is 20.0. The van der Waals surface area contributed by atoms with Gasteiger partial charge >= 0.3 is 11.9 Å². The summed E-state index contributed by atoms with van der Waals surface area (Å²) in [6.45, 7) is 0. The van der Waals surface area contributed by atoms with Crippen molar-refractivity contribution < 1.29 is 27.3 Å². The Balaban J connectivity index is 2.08. The van der Waals surface area contributed by atoms with Gasteiger partial charge in [0.15, 0.2) is 0 Å². The molecule has 3 rings (SSSR count). The van der Waals surface area contributed by atoms with Crippen LogP contribution in [-0.2, 0) is 10.4 Å². The molecule has 1 aliphatic heterocycles. The molecular weight excluding hydrogens is 415 g/mol. The van der Waals surface area contributed by atoms with E-state index < -0.39 is 51.5 Å². The van der Waals surface area contributed by atoms with E-state index in [1.54, 1.807) is 0 Å². The number of hydrogen-bond donors (Lipinski definition) is 0. The Kier molecular flexibility index (Phi) is 4.77. The predicted octanol–water partition coefficient (Wildman–Crippen LogP) is 5.62. The maximum Gasteiger partial charge on any atom is 0.435 e. The van der Waals surface area contributed by atoms with Crippen molar-refractivity contribution in [2.24, 2.45) is 5.16 Å². The number of rotatable bonds is 3. The van der Waals surface area contributed by atoms with E-state index in [1.807, 2.05) is 0 Å². The average Bonchev–Trinajstić information content (AvgIpc) is 3.00. The third-order valence-corrected chi connectivity index (χ3v) is 4.44. The maximum atomic E-state index is 14.4. The second-order valence-electron chi connectivity index (χ2n) is 5.68. The number of oxime groups is 1. The first-order valence-electron chi connectivity index (χ1n) is 7.27. The fourth-order valence-corrected chi connectivity index (χ4v) is 3.24. The molecule has 27 heavy (non-hydrogen) atoms. The molecule has 1 aliphatic rings. The Morgan fingerprint density at radius 1 is 1.19 bits per heavy atom. The second kappa shape index (κ2) is 6.65. The summed E-state index contributed by atoms with van der Waals surface area (Å²) in [5, 5.41) is 14.1. The number of hydrogen-bond acceptors (Lipinski definition) is 4. The van der Waals surface area contributed by atoms with Crippen LogP contribution in [0.15, 0.2) is 41.6 Å². The van der Waals surface area contributed by atoms with E-state index in [2.05, 4.69) is 5.16 Å². The van der Waals surface area contributed by atoms with Crippen LogP contribution in [0.4, 0.5) is 23.2 Å². The lowest BCUT2D eigenvalue weighted by molar-refractivity contribution is -0.387. The SMILES string of the molecule is O=[N+]([O-])c1cccc(C2=NOC(c3cc(Cl)cc(Cl)c3)(C(F)(F)F)C2)c1F. The summed E-state index contributed by atoms with van der Waals surface area (Å²) < 4.78 is 56.0. The number of nitro groups is 1. The molecule has 2 aromatic carbocycles. The second-order valence-corrected chi connectivity index (χ2v) is 6.56. The fourth-order valence-electron chi connectivity index (χ4n) is 2.72. The van der Waals surface area contributed by atoms with Gasteiger partial charge in [0.25, 0.3) is 5.60 Å². The first-order valence-corrected chi connectivity index (χ1v) is 8.02. The highest BCUT2D eigenvalue weighted by Crippen LogP contribution is 2.50. The van der Waals surface area contributed by atoms with E-state index in [9.17, 15) is 27.7 Å². The summed E-state index contributed by atoms with van der Waals surface area (Å²) in [5.41, 5.74) is -5.14. The van der Waals surface area contributed by atoms with Crippen LogP contribution in [0.5, 0.6) is 0 Å². The molecule has 142 valence electrons. The van der Waals surface area contributed by atoms with Gasteiger partial charge in [-0.25, -0.2) is 0 Å². The van der Waals surface area contributed by atoms with Crippen molar-refractivity contribution in [3.8, 4) is 0 Å². The summed E-state index contributed by atoms with van der Waals surface area (Å²) >= 11 is 11.6. The minimum absolute atomic E-state index is 0.0558. The van der Waals surface area contributed by atoms with Crippen molar-refractivity contribution >= 4 is 34.6 Å². The Morgan fingerprint density at radius 2 is 1.81 bits per heavy atom. The largest absolute Gasteiger partial charge is 0.435 e. The minimum Gasteiger partial charge on any atom is -0.374 e. The molecule has 0 N–H and O–H groups in total. The van der Waals surface area contributed by atoms with Crippen molar-refractivity contribution in [2.75, 3.05) is 0 Å². The van der Waals surface area contributed by atoms with Crippen LogP contribution < -0.4 is 0 Å². The zero-order valence-electron chi connectivity index (χ0n) is 13.1. The smallest absolute Gasteiger partial charge is 0.374 e. The normalized spacial score (nSPS) is 19.6. The Bertz CT molecular complexity index is 945. The highest BCUT2D eigenvalue weighted by atomic mass is 35.5. The van der Waals surface area contributed by atoms with E-state index in [0.29, 0.717) is 0 Å². The third-order valence-electron chi connectivity index (χ3n) is 4.00. The highest BCUT2D eigenvalue weighted by molar-refractivity contribution is 6.34. The number of alkyl halides is 3. The van der Waals surface area contributed by atoms with Crippen molar-refractivity contribution in [3.63, 3.8) is 0 Å². The van der Waals surface area contributed by atoms with Crippen LogP contribution in [0, 0.1) is 15.9 Å². The lowest BCUT2D eigenvalue weighted by atomic mass is 9.86. The van der Waals surface area contributed by atoms with Gasteiger partial charge in [-0.3, -0.25) is 10.1 Å². The summed E-state index contributed by atoms with van der Waals surface area (Å²) in [6.07, 6.45) is -5.87. The van der Waals surface area contributed by atoms with Crippen molar-refractivity contribution in [2.45, 2.75) is 18.2 Å². The molecular formula is C16H8Cl2F4N2O3. The summed E-state index contributed by atoms with van der Waals surface area (Å²) in [7, 11) is 0. The lowest BCUT2D eigenvalue weighted by Gasteiger charge is -2.29. The number of halogens is 6. The molecule has 0 aromatic heterocycles. The van der Waals surface area contributed by atoms with Crippen LogP contribution in [0.25, 0.3) is 0 Å². The molecule has 5 nitrogen and oxygen atoms in total. The number of nitrogens with zero attached hydrogens (tertiary/aromatic N) is 2. The molecule has 2 aromatic rings. The summed E-state index contributed by atoms with van der Waals surface area (Å²) in [4.78, 5) is 14.6. The van der Waals surface area contributed by atoms with Crippen LogP contribution in [0.2, 0.25) is 10.0 Å². The first-order chi connectivity index (χ1) is 12.5. The van der Waals surface area contributed by atoms with Gasteiger partial charge in [0.05, 0.1) is 17.1 Å². The first kappa shape index (κ1) is 19.4. The monoisotopic (exact) mass is 422 g/mol. The van der Waals surface area contributed by atoms with Crippen molar-refractivity contribution in [1.82, 2.24) is 0 Å². The minimum atomic E-state index is -4.95. The molecule has 0 aliphatic carbocycles. The topological polar surface area (TPSA) is 64.7 Å². The quantitative estimate of drug-likeness (QED) is 0.366. The van der Waals surface area contributed by atoms with E-state index in [-0.39, 0.29) is 10.0 Å². The summed E-state index contributed by atoms with van der Waals surface area (Å²) in [5.74, 6) is -1.30. The van der Waals surface area contributed by atoms with Crippen LogP contribution >= 0.6 is 23.2 Å². The van der Waals surface area contributed by atoms with Crippen molar-refractivity contribution in [1.29, 1.82) is 0 Å². The van der Waals surface area contributed by atoms with E-state index in [0.717, 1.165) is 30.3 Å². The van der Waals surface area contributed by atoms with E-state index >= 15 is 0 Å². The average molecular weight is 423 g/mol. The molecule has 0 spiro atoms. The van der Waals surface area contributed by atoms with Gasteiger partial charge in [0, 0.05) is 27.2 Å². The molecule has 0 amide bonds. The fraction of sp³-hybridized carbons (Fsp3) is 0.188. The number of benzene rings is 2. The van der Waals surface area contributed by atoms with Crippen LogP contribution in [0.3, 0.4) is 0 Å². The lowest BCUT2D eigenvalue weighted by Crippen LogP contribution is -2.42. The van der Waals surface area contributed by atoms with E-state index in [4.69, 9.17) is 28.0 Å². The molecule has 0 bridgehead atoms. The molecule has 1 heterocycles. The molecule has 0 saturated heterocycles. The van der Waals surface area contributed by atoms with Gasteiger partial charge in [-0.05, 0) is 24.3 Å². The van der Waals surface area contributed by atoms with Gasteiger partial charge < -0.3 is 4.84 Å². The molecule has 0 radical (unpaired) electrons. The van der Waals surface area contributed by atoms with Crippen LogP contribution in [0.1, 0.15) is 17.5 Å². The van der Waals surface area contributed by atoms with Gasteiger partial charge in [0.2, 0.25) is 5.82 Å². The Hall–Kier alpha value is -2.39. The van der Waals surface area contributed by atoms with E-state index in [1.165, 1.54) is 6.07 Å². The van der Waals surface area contributed by atoms with Gasteiger partial charge in [-0.1, -0.05) is 34.4 Å². The molecule has 0 fully saturated rings. The maximum absolute atomic E-state index is 14.4. The van der Waals surface area contributed by atoms with Crippen LogP contribution in [-0.4, -0.2) is 16.8 Å². The number of nitro benzene ring substituents is 1. The predicted molar refractivity (Wildman–Crippen MR) is 89.5 cm³/mol. The summed E-state index contributed by atoms with van der Waals surface area (Å²) in [6, 6.07) is 6.40. The molecule has 11 heteroatoms. The highest BCUT2D eigenvalue weighted by Gasteiger charge is 2.62. The van der Waals surface area contributed by atoms with Gasteiger partial charge in [-0.15, -0.1) is 0 Å². The molecule has 0 saturated carbocycles. The molecule has 1 unspecified atom stereocenters. The standard InChI is InChI=1S/C16H8Cl2F4N2O3/c17-9-4-8(5-10(18)6-9)15(16(20,21)22)7-12(23-27-15)11-2-1-3-13(14(11)19)24(25)26/h1-6H,7H2. The van der Waals surface area contributed by atoms with Gasteiger partial charge in [-0.2, -0.15) is 17.6 Å². The Labute approximate surface area is 159 Å². The third kappa shape index (κ3) is 3.32. The Morgan fingerprint density at radius 3 is 2.37 bits per heavy atom. The zero-order valence-corrected chi connectivity index (χ0v) is 14.6. The van der Waals surface area contributed by atoms with Gasteiger partial charge in [0.1, 0.15) is 0 Å². The molecule has 1 atom stereocenters.